The van der Waals surface area contributed by atoms with E-state index in [1.165, 1.54) is 22.9 Å². The van der Waals surface area contributed by atoms with Crippen molar-refractivity contribution in [1.82, 2.24) is 4.31 Å². The zero-order valence-electron chi connectivity index (χ0n) is 11.8. The first kappa shape index (κ1) is 15.4. The summed E-state index contributed by atoms with van der Waals surface area (Å²) in [4.78, 5) is 23.0. The second kappa shape index (κ2) is 5.32. The first-order valence-electron chi connectivity index (χ1n) is 6.79. The van der Waals surface area contributed by atoms with Crippen molar-refractivity contribution in [2.24, 2.45) is 5.92 Å². The highest BCUT2D eigenvalue weighted by Gasteiger charge is 2.54. The molecule has 0 radical (unpaired) electrons. The summed E-state index contributed by atoms with van der Waals surface area (Å²) in [5.74, 6) is -2.18. The van der Waals surface area contributed by atoms with Crippen LogP contribution < -0.4 is 0 Å². The number of carboxylic acids is 1. The zero-order chi connectivity index (χ0) is 16.1. The number of ether oxygens (including phenoxy) is 1. The minimum atomic E-state index is -3.79. The Kier molecular flexibility index (Phi) is 3.74. The summed E-state index contributed by atoms with van der Waals surface area (Å²) in [6.45, 7) is 0. The van der Waals surface area contributed by atoms with Crippen molar-refractivity contribution >= 4 is 33.3 Å². The number of sulfonamides is 1. The molecule has 22 heavy (non-hydrogen) atoms. The molecule has 0 spiro atoms. The first-order valence-corrected chi connectivity index (χ1v) is 9.11. The lowest BCUT2D eigenvalue weighted by molar-refractivity contribution is -0.142. The average molecular weight is 345 g/mol. The van der Waals surface area contributed by atoms with Gasteiger partial charge in [-0.15, -0.1) is 11.3 Å². The van der Waals surface area contributed by atoms with Crippen LogP contribution in [-0.2, 0) is 19.6 Å². The summed E-state index contributed by atoms with van der Waals surface area (Å²) in [5.41, 5.74) is 0. The summed E-state index contributed by atoms with van der Waals surface area (Å²) in [5, 5.41) is 10.6. The Hall–Kier alpha value is -1.45. The number of aliphatic carboxylic acids is 1. The standard InChI is InChI=1S/C13H15NO6S2/c1-20-13(17)11-5-8(6-21-11)22(18,19)14-7-2-3-10(14)9(4-7)12(15)16/h5-7,9-10H,2-4H2,1H3,(H,15,16). The molecule has 1 aromatic rings. The number of carbonyl (C=O) groups is 2. The minimum absolute atomic E-state index is 0.0286. The molecule has 3 rings (SSSR count). The molecule has 7 nitrogen and oxygen atoms in total. The van der Waals surface area contributed by atoms with Gasteiger partial charge in [0.2, 0.25) is 10.0 Å². The molecule has 0 aromatic carbocycles. The lowest BCUT2D eigenvalue weighted by Crippen LogP contribution is -2.37. The monoisotopic (exact) mass is 345 g/mol. The van der Waals surface area contributed by atoms with Gasteiger partial charge in [0, 0.05) is 17.5 Å². The van der Waals surface area contributed by atoms with E-state index < -0.39 is 33.9 Å². The highest BCUT2D eigenvalue weighted by molar-refractivity contribution is 7.89. The van der Waals surface area contributed by atoms with Gasteiger partial charge in [-0.1, -0.05) is 0 Å². The number of thiophene rings is 1. The molecule has 2 bridgehead atoms. The maximum atomic E-state index is 12.8. The van der Waals surface area contributed by atoms with E-state index in [0.717, 1.165) is 11.3 Å². The van der Waals surface area contributed by atoms with Crippen LogP contribution in [0.5, 0.6) is 0 Å². The Morgan fingerprint density at radius 3 is 2.73 bits per heavy atom. The number of carboxylic acid groups (broad SMARTS) is 1. The number of rotatable bonds is 4. The number of hydrogen-bond acceptors (Lipinski definition) is 6. The third kappa shape index (κ3) is 2.24. The van der Waals surface area contributed by atoms with Gasteiger partial charge in [-0.05, 0) is 25.3 Å². The summed E-state index contributed by atoms with van der Waals surface area (Å²) in [6.07, 6.45) is 1.60. The highest BCUT2D eigenvalue weighted by atomic mass is 32.2. The van der Waals surface area contributed by atoms with Crippen molar-refractivity contribution in [1.29, 1.82) is 0 Å². The van der Waals surface area contributed by atoms with Gasteiger partial charge in [-0.2, -0.15) is 4.31 Å². The van der Waals surface area contributed by atoms with E-state index in [-0.39, 0.29) is 15.8 Å². The van der Waals surface area contributed by atoms with Crippen molar-refractivity contribution in [3.8, 4) is 0 Å². The van der Waals surface area contributed by atoms with Gasteiger partial charge in [-0.3, -0.25) is 4.79 Å². The molecule has 0 amide bonds. The van der Waals surface area contributed by atoms with Crippen molar-refractivity contribution in [3.05, 3.63) is 16.3 Å². The van der Waals surface area contributed by atoms with Crippen LogP contribution >= 0.6 is 11.3 Å². The topological polar surface area (TPSA) is 101 Å². The van der Waals surface area contributed by atoms with Crippen molar-refractivity contribution in [2.45, 2.75) is 36.2 Å². The Labute approximate surface area is 131 Å². The second-order valence-corrected chi connectivity index (χ2v) is 8.21. The number of fused-ring (bicyclic) bond motifs is 2. The number of hydrogen-bond donors (Lipinski definition) is 1. The van der Waals surface area contributed by atoms with E-state index in [1.807, 2.05) is 0 Å². The Bertz CT molecular complexity index is 725. The van der Waals surface area contributed by atoms with Crippen molar-refractivity contribution in [3.63, 3.8) is 0 Å². The quantitative estimate of drug-likeness (QED) is 0.822. The van der Waals surface area contributed by atoms with Gasteiger partial charge in [-0.25, -0.2) is 13.2 Å². The molecule has 9 heteroatoms. The largest absolute Gasteiger partial charge is 0.481 e. The molecular weight excluding hydrogens is 330 g/mol. The maximum absolute atomic E-state index is 12.8. The second-order valence-electron chi connectivity index (χ2n) is 5.45. The summed E-state index contributed by atoms with van der Waals surface area (Å²) < 4.78 is 31.5. The molecule has 0 aliphatic carbocycles. The van der Waals surface area contributed by atoms with E-state index in [0.29, 0.717) is 19.3 Å². The van der Waals surface area contributed by atoms with E-state index in [1.54, 1.807) is 0 Å². The SMILES string of the molecule is COC(=O)c1cc(S(=O)(=O)N2C3CCC2C(C(=O)O)C3)cs1. The Morgan fingerprint density at radius 2 is 2.14 bits per heavy atom. The van der Waals surface area contributed by atoms with Crippen LogP contribution in [0.2, 0.25) is 0 Å². The van der Waals surface area contributed by atoms with Crippen LogP contribution in [0.25, 0.3) is 0 Å². The van der Waals surface area contributed by atoms with Gasteiger partial charge >= 0.3 is 11.9 Å². The molecule has 3 heterocycles. The van der Waals surface area contributed by atoms with E-state index >= 15 is 0 Å². The van der Waals surface area contributed by atoms with Gasteiger partial charge in [0.1, 0.15) is 4.88 Å². The van der Waals surface area contributed by atoms with E-state index in [2.05, 4.69) is 4.74 Å². The fraction of sp³-hybridized carbons (Fsp3) is 0.538. The fourth-order valence-corrected chi connectivity index (χ4v) is 6.46. The number of esters is 1. The van der Waals surface area contributed by atoms with Crippen molar-refractivity contribution < 1.29 is 27.9 Å². The number of carbonyl (C=O) groups excluding carboxylic acids is 1. The Morgan fingerprint density at radius 1 is 1.41 bits per heavy atom. The van der Waals surface area contributed by atoms with Crippen LogP contribution in [0.4, 0.5) is 0 Å². The first-order chi connectivity index (χ1) is 10.4. The van der Waals surface area contributed by atoms with E-state index in [4.69, 9.17) is 0 Å². The predicted molar refractivity (Wildman–Crippen MR) is 77.2 cm³/mol. The summed E-state index contributed by atoms with van der Waals surface area (Å²) in [6, 6.07) is 0.533. The molecular formula is C13H15NO6S2. The summed E-state index contributed by atoms with van der Waals surface area (Å²) >= 11 is 1.00. The molecule has 1 N–H and O–H groups in total. The third-order valence-corrected chi connectivity index (χ3v) is 7.34. The molecule has 2 aliphatic rings. The van der Waals surface area contributed by atoms with Crippen LogP contribution in [-0.4, -0.2) is 49.0 Å². The highest BCUT2D eigenvalue weighted by Crippen LogP contribution is 2.45. The average Bonchev–Trinajstić information content (AvgIpc) is 3.19. The minimum Gasteiger partial charge on any atom is -0.481 e. The lowest BCUT2D eigenvalue weighted by Gasteiger charge is -2.21. The fourth-order valence-electron chi connectivity index (χ4n) is 3.36. The zero-order valence-corrected chi connectivity index (χ0v) is 13.4. The third-order valence-electron chi connectivity index (χ3n) is 4.33. The summed E-state index contributed by atoms with van der Waals surface area (Å²) in [7, 11) is -2.56. The number of methoxy groups -OCH3 is 1. The van der Waals surface area contributed by atoms with Gasteiger partial charge in [0.25, 0.3) is 0 Å². The molecule has 2 saturated heterocycles. The molecule has 2 fully saturated rings. The van der Waals surface area contributed by atoms with Crippen molar-refractivity contribution in [2.75, 3.05) is 7.11 Å². The van der Waals surface area contributed by atoms with Crippen LogP contribution in [0, 0.1) is 5.92 Å². The van der Waals surface area contributed by atoms with Crippen LogP contribution in [0.15, 0.2) is 16.3 Å². The maximum Gasteiger partial charge on any atom is 0.348 e. The van der Waals surface area contributed by atoms with E-state index in [9.17, 15) is 23.1 Å². The van der Waals surface area contributed by atoms with Gasteiger partial charge < -0.3 is 9.84 Å². The van der Waals surface area contributed by atoms with Gasteiger partial charge in [0.05, 0.1) is 17.9 Å². The molecule has 3 atom stereocenters. The van der Waals surface area contributed by atoms with Gasteiger partial charge in [0.15, 0.2) is 0 Å². The van der Waals surface area contributed by atoms with Crippen LogP contribution in [0.1, 0.15) is 28.9 Å². The smallest absolute Gasteiger partial charge is 0.348 e. The molecule has 3 unspecified atom stereocenters. The van der Waals surface area contributed by atoms with Crippen LogP contribution in [0.3, 0.4) is 0 Å². The lowest BCUT2D eigenvalue weighted by atomic mass is 9.89. The molecule has 0 saturated carbocycles. The normalized spacial score (nSPS) is 28.0. The Balaban J connectivity index is 1.92. The molecule has 1 aromatic heterocycles. The predicted octanol–water partition coefficient (Wildman–Crippen LogP) is 1.16. The number of nitrogens with zero attached hydrogens (tertiary/aromatic N) is 1. The molecule has 2 aliphatic heterocycles. The molecule has 120 valence electrons.